The van der Waals surface area contributed by atoms with E-state index >= 15 is 0 Å². The number of hydrogen-bond acceptors (Lipinski definition) is 5. The van der Waals surface area contributed by atoms with Crippen LogP contribution in [0.5, 0.6) is 0 Å². The monoisotopic (exact) mass is 240 g/mol. The molecule has 1 amide bonds. The van der Waals surface area contributed by atoms with Crippen LogP contribution in [0.1, 0.15) is 10.7 Å². The van der Waals surface area contributed by atoms with Gasteiger partial charge in [-0.2, -0.15) is 0 Å². The fraction of sp³-hybridized carbons (Fsp3) is 0.600. The number of nitrogens with zero attached hydrogens (tertiary/aromatic N) is 2. The lowest BCUT2D eigenvalue weighted by Crippen LogP contribution is -2.56. The lowest BCUT2D eigenvalue weighted by Gasteiger charge is -2.33. The average Bonchev–Trinajstić information content (AvgIpc) is 2.64. The third-order valence-corrected chi connectivity index (χ3v) is 3.54. The molecule has 0 aromatic carbocycles. The summed E-state index contributed by atoms with van der Waals surface area (Å²) in [6, 6.07) is -0.212. The molecule has 1 aliphatic heterocycles. The molecule has 16 heavy (non-hydrogen) atoms. The van der Waals surface area contributed by atoms with Crippen LogP contribution in [0.25, 0.3) is 0 Å². The number of rotatable bonds is 3. The first-order valence-corrected chi connectivity index (χ1v) is 6.20. The quantitative estimate of drug-likeness (QED) is 0.761. The zero-order valence-corrected chi connectivity index (χ0v) is 10.1. The number of primary amides is 1. The number of aryl methyl sites for hydroxylation is 1. The van der Waals surface area contributed by atoms with Gasteiger partial charge in [0, 0.05) is 31.6 Å². The Bertz CT molecular complexity index is 379. The zero-order valence-electron chi connectivity index (χ0n) is 9.27. The van der Waals surface area contributed by atoms with Crippen LogP contribution in [-0.2, 0) is 11.3 Å². The number of nitrogens with two attached hydrogens (primary N) is 1. The van der Waals surface area contributed by atoms with Gasteiger partial charge < -0.3 is 11.1 Å². The summed E-state index contributed by atoms with van der Waals surface area (Å²) in [7, 11) is 0. The van der Waals surface area contributed by atoms with Crippen molar-refractivity contribution >= 4 is 17.2 Å². The SMILES string of the molecule is Cc1nc(CN2CCNCC2C(N)=O)cs1. The first-order valence-electron chi connectivity index (χ1n) is 5.32. The smallest absolute Gasteiger partial charge is 0.236 e. The molecule has 6 heteroatoms. The molecule has 3 N–H and O–H groups in total. The van der Waals surface area contributed by atoms with Crippen LogP contribution in [0.15, 0.2) is 5.38 Å². The Labute approximate surface area is 98.7 Å². The Kier molecular flexibility index (Phi) is 3.52. The van der Waals surface area contributed by atoms with Crippen LogP contribution in [0.4, 0.5) is 0 Å². The molecule has 1 atom stereocenters. The van der Waals surface area contributed by atoms with Gasteiger partial charge in [0.2, 0.25) is 5.91 Å². The van der Waals surface area contributed by atoms with E-state index in [1.54, 1.807) is 11.3 Å². The molecule has 1 unspecified atom stereocenters. The van der Waals surface area contributed by atoms with Gasteiger partial charge in [-0.3, -0.25) is 9.69 Å². The second kappa shape index (κ2) is 4.90. The summed E-state index contributed by atoms with van der Waals surface area (Å²) in [5.74, 6) is -0.265. The Morgan fingerprint density at radius 2 is 2.62 bits per heavy atom. The Balaban J connectivity index is 2.03. The van der Waals surface area contributed by atoms with Crippen molar-refractivity contribution in [3.8, 4) is 0 Å². The Morgan fingerprint density at radius 1 is 1.81 bits per heavy atom. The summed E-state index contributed by atoms with van der Waals surface area (Å²) in [6.07, 6.45) is 0. The normalized spacial score (nSPS) is 22.2. The van der Waals surface area contributed by atoms with Gasteiger partial charge >= 0.3 is 0 Å². The van der Waals surface area contributed by atoms with Crippen molar-refractivity contribution in [2.75, 3.05) is 19.6 Å². The molecule has 1 saturated heterocycles. The minimum Gasteiger partial charge on any atom is -0.368 e. The van der Waals surface area contributed by atoms with Crippen molar-refractivity contribution in [2.45, 2.75) is 19.5 Å². The predicted molar refractivity (Wildman–Crippen MR) is 63.1 cm³/mol. The van der Waals surface area contributed by atoms with Gasteiger partial charge in [-0.15, -0.1) is 11.3 Å². The number of amides is 1. The lowest BCUT2D eigenvalue weighted by atomic mass is 10.2. The predicted octanol–water partition coefficient (Wildman–Crippen LogP) is -0.289. The van der Waals surface area contributed by atoms with Crippen LogP contribution in [0.3, 0.4) is 0 Å². The number of carbonyl (C=O) groups is 1. The number of nitrogens with one attached hydrogen (secondary N) is 1. The van der Waals surface area contributed by atoms with Gasteiger partial charge in [0.15, 0.2) is 0 Å². The zero-order chi connectivity index (χ0) is 11.5. The van der Waals surface area contributed by atoms with Crippen molar-refractivity contribution < 1.29 is 4.79 Å². The number of piperazine rings is 1. The first-order chi connectivity index (χ1) is 7.66. The number of carbonyl (C=O) groups excluding carboxylic acids is 1. The lowest BCUT2D eigenvalue weighted by molar-refractivity contribution is -0.124. The fourth-order valence-electron chi connectivity index (χ4n) is 1.91. The van der Waals surface area contributed by atoms with E-state index in [0.29, 0.717) is 13.1 Å². The molecule has 1 aromatic rings. The highest BCUT2D eigenvalue weighted by Crippen LogP contribution is 2.13. The molecule has 1 fully saturated rings. The Hall–Kier alpha value is -0.980. The molecular weight excluding hydrogens is 224 g/mol. The van der Waals surface area contributed by atoms with E-state index in [1.807, 2.05) is 12.3 Å². The maximum atomic E-state index is 11.3. The van der Waals surface area contributed by atoms with Crippen LogP contribution < -0.4 is 11.1 Å². The minimum absolute atomic E-state index is 0.212. The molecular formula is C10H16N4OS. The van der Waals surface area contributed by atoms with Gasteiger partial charge in [-0.05, 0) is 6.92 Å². The van der Waals surface area contributed by atoms with Crippen molar-refractivity contribution in [3.63, 3.8) is 0 Å². The molecule has 0 radical (unpaired) electrons. The van der Waals surface area contributed by atoms with E-state index < -0.39 is 0 Å². The molecule has 0 saturated carbocycles. The van der Waals surface area contributed by atoms with Crippen molar-refractivity contribution in [1.82, 2.24) is 15.2 Å². The second-order valence-corrected chi connectivity index (χ2v) is 5.01. The summed E-state index contributed by atoms with van der Waals surface area (Å²) in [5, 5.41) is 6.27. The molecule has 0 spiro atoms. The fourth-order valence-corrected chi connectivity index (χ4v) is 2.51. The summed E-state index contributed by atoms with van der Waals surface area (Å²) in [5.41, 5.74) is 6.40. The van der Waals surface area contributed by atoms with Gasteiger partial charge in [0.05, 0.1) is 10.7 Å². The average molecular weight is 240 g/mol. The van der Waals surface area contributed by atoms with Gasteiger partial charge in [0.1, 0.15) is 6.04 Å². The molecule has 2 rings (SSSR count). The summed E-state index contributed by atoms with van der Waals surface area (Å²) in [4.78, 5) is 17.8. The van der Waals surface area contributed by atoms with Crippen LogP contribution in [0, 0.1) is 6.92 Å². The third-order valence-electron chi connectivity index (χ3n) is 2.71. The maximum Gasteiger partial charge on any atom is 0.236 e. The van der Waals surface area contributed by atoms with E-state index in [4.69, 9.17) is 5.73 Å². The minimum atomic E-state index is -0.265. The molecule has 5 nitrogen and oxygen atoms in total. The number of hydrogen-bond donors (Lipinski definition) is 2. The first kappa shape index (κ1) is 11.5. The van der Waals surface area contributed by atoms with Gasteiger partial charge in [0.25, 0.3) is 0 Å². The molecule has 0 bridgehead atoms. The third kappa shape index (κ3) is 2.58. The molecule has 1 aliphatic rings. The highest BCUT2D eigenvalue weighted by molar-refractivity contribution is 7.09. The number of thiazole rings is 1. The molecule has 2 heterocycles. The number of aromatic nitrogens is 1. The van der Waals surface area contributed by atoms with Crippen LogP contribution in [0.2, 0.25) is 0 Å². The van der Waals surface area contributed by atoms with Crippen molar-refractivity contribution in [1.29, 1.82) is 0 Å². The summed E-state index contributed by atoms with van der Waals surface area (Å²) in [6.45, 7) is 5.06. The highest BCUT2D eigenvalue weighted by Gasteiger charge is 2.26. The molecule has 1 aromatic heterocycles. The van der Waals surface area contributed by atoms with Gasteiger partial charge in [-0.1, -0.05) is 0 Å². The van der Waals surface area contributed by atoms with E-state index in [1.165, 1.54) is 0 Å². The van der Waals surface area contributed by atoms with Crippen LogP contribution >= 0.6 is 11.3 Å². The van der Waals surface area contributed by atoms with E-state index in [2.05, 4.69) is 15.2 Å². The topological polar surface area (TPSA) is 71.2 Å². The van der Waals surface area contributed by atoms with Crippen LogP contribution in [-0.4, -0.2) is 41.5 Å². The van der Waals surface area contributed by atoms with E-state index in [9.17, 15) is 4.79 Å². The molecule has 88 valence electrons. The van der Waals surface area contributed by atoms with E-state index in [-0.39, 0.29) is 11.9 Å². The standard InChI is InChI=1S/C10H16N4OS/c1-7-13-8(6-16-7)5-14-3-2-12-4-9(14)10(11)15/h6,9,12H,2-5H2,1H3,(H2,11,15). The van der Waals surface area contributed by atoms with Gasteiger partial charge in [-0.25, -0.2) is 4.98 Å². The van der Waals surface area contributed by atoms with Crippen molar-refractivity contribution in [2.24, 2.45) is 5.73 Å². The Morgan fingerprint density at radius 3 is 3.25 bits per heavy atom. The summed E-state index contributed by atoms with van der Waals surface area (Å²) >= 11 is 1.63. The largest absolute Gasteiger partial charge is 0.368 e. The van der Waals surface area contributed by atoms with E-state index in [0.717, 1.165) is 23.8 Å². The van der Waals surface area contributed by atoms with Crippen molar-refractivity contribution in [3.05, 3.63) is 16.1 Å². The maximum absolute atomic E-state index is 11.3. The highest BCUT2D eigenvalue weighted by atomic mass is 32.1. The second-order valence-electron chi connectivity index (χ2n) is 3.95. The molecule has 0 aliphatic carbocycles. The summed E-state index contributed by atoms with van der Waals surface area (Å²) < 4.78 is 0.